The van der Waals surface area contributed by atoms with Gasteiger partial charge in [0.05, 0.1) is 12.1 Å². The smallest absolute Gasteiger partial charge is 0.0794 e. The maximum Gasteiger partial charge on any atom is 0.0794 e. The third-order valence-corrected chi connectivity index (χ3v) is 2.16. The molecule has 1 aromatic rings. The molecule has 0 unspecified atom stereocenters. The van der Waals surface area contributed by atoms with Gasteiger partial charge in [0.25, 0.3) is 0 Å². The van der Waals surface area contributed by atoms with Crippen LogP contribution in [0.3, 0.4) is 0 Å². The number of nitrogens with one attached hydrogen (secondary N) is 1. The van der Waals surface area contributed by atoms with Gasteiger partial charge in [0.1, 0.15) is 0 Å². The van der Waals surface area contributed by atoms with Crippen LogP contribution in [-0.2, 0) is 6.54 Å². The van der Waals surface area contributed by atoms with E-state index in [1.807, 2.05) is 13.1 Å². The molecule has 0 fully saturated rings. The van der Waals surface area contributed by atoms with Gasteiger partial charge in [-0.05, 0) is 6.92 Å². The second-order valence-corrected chi connectivity index (χ2v) is 3.40. The number of thiazole rings is 1. The fourth-order valence-corrected chi connectivity index (χ4v) is 1.21. The summed E-state index contributed by atoms with van der Waals surface area (Å²) in [4.78, 5) is 5.14. The zero-order chi connectivity index (χ0) is 8.10. The molecule has 0 aromatic carbocycles. The first-order chi connectivity index (χ1) is 5.33. The van der Waals surface area contributed by atoms with Crippen molar-refractivity contribution in [1.82, 2.24) is 10.3 Å². The zero-order valence-corrected chi connectivity index (χ0v) is 7.27. The fourth-order valence-electron chi connectivity index (χ4n) is 0.669. The van der Waals surface area contributed by atoms with Gasteiger partial charge in [-0.15, -0.1) is 11.3 Å². The number of hydrogen-bond acceptors (Lipinski definition) is 4. The lowest BCUT2D eigenvalue weighted by Crippen LogP contribution is -2.28. The van der Waals surface area contributed by atoms with E-state index in [2.05, 4.69) is 10.3 Å². The third-order valence-electron chi connectivity index (χ3n) is 1.38. The van der Waals surface area contributed by atoms with E-state index in [-0.39, 0.29) is 12.6 Å². The van der Waals surface area contributed by atoms with Gasteiger partial charge in [-0.1, -0.05) is 0 Å². The summed E-state index contributed by atoms with van der Waals surface area (Å²) in [7, 11) is 0. The van der Waals surface area contributed by atoms with Crippen LogP contribution in [-0.4, -0.2) is 22.7 Å². The SMILES string of the molecule is C[C@@H](CO)NCc1cncs1. The Bertz CT molecular complexity index is 188. The van der Waals surface area contributed by atoms with Gasteiger partial charge in [0.15, 0.2) is 0 Å². The van der Waals surface area contributed by atoms with Crippen molar-refractivity contribution >= 4 is 11.3 Å². The van der Waals surface area contributed by atoms with Crippen molar-refractivity contribution in [3.8, 4) is 0 Å². The average Bonchev–Trinajstić information content (AvgIpc) is 2.52. The molecule has 0 spiro atoms. The summed E-state index contributed by atoms with van der Waals surface area (Å²) >= 11 is 1.62. The van der Waals surface area contributed by atoms with Gasteiger partial charge in [0, 0.05) is 23.7 Å². The van der Waals surface area contributed by atoms with E-state index in [9.17, 15) is 0 Å². The van der Waals surface area contributed by atoms with Crippen LogP contribution in [0.1, 0.15) is 11.8 Å². The molecular weight excluding hydrogens is 160 g/mol. The molecule has 3 nitrogen and oxygen atoms in total. The monoisotopic (exact) mass is 172 g/mol. The Labute approximate surface area is 70.1 Å². The van der Waals surface area contributed by atoms with Crippen molar-refractivity contribution < 1.29 is 5.11 Å². The van der Waals surface area contributed by atoms with E-state index < -0.39 is 0 Å². The number of nitrogens with zero attached hydrogens (tertiary/aromatic N) is 1. The molecule has 0 radical (unpaired) electrons. The van der Waals surface area contributed by atoms with Crippen molar-refractivity contribution in [2.45, 2.75) is 19.5 Å². The maximum absolute atomic E-state index is 8.69. The van der Waals surface area contributed by atoms with E-state index in [0.717, 1.165) is 6.54 Å². The number of hydrogen-bond donors (Lipinski definition) is 2. The first-order valence-corrected chi connectivity index (χ1v) is 4.42. The van der Waals surface area contributed by atoms with Gasteiger partial charge in [0.2, 0.25) is 0 Å². The fraction of sp³-hybridized carbons (Fsp3) is 0.571. The van der Waals surface area contributed by atoms with Crippen LogP contribution in [0.5, 0.6) is 0 Å². The van der Waals surface area contributed by atoms with Crippen LogP contribution >= 0.6 is 11.3 Å². The van der Waals surface area contributed by atoms with Gasteiger partial charge in [-0.25, -0.2) is 0 Å². The minimum Gasteiger partial charge on any atom is -0.395 e. The second kappa shape index (κ2) is 4.43. The van der Waals surface area contributed by atoms with E-state index in [1.165, 1.54) is 4.88 Å². The van der Waals surface area contributed by atoms with Crippen molar-refractivity contribution in [2.24, 2.45) is 0 Å². The summed E-state index contributed by atoms with van der Waals surface area (Å²) in [5.41, 5.74) is 1.81. The van der Waals surface area contributed by atoms with Crippen LogP contribution in [0.15, 0.2) is 11.7 Å². The summed E-state index contributed by atoms with van der Waals surface area (Å²) in [5, 5.41) is 11.8. The van der Waals surface area contributed by atoms with E-state index in [4.69, 9.17) is 5.11 Å². The lowest BCUT2D eigenvalue weighted by atomic mass is 10.3. The van der Waals surface area contributed by atoms with Crippen LogP contribution in [0.2, 0.25) is 0 Å². The van der Waals surface area contributed by atoms with Gasteiger partial charge in [-0.2, -0.15) is 0 Å². The minimum absolute atomic E-state index is 0.164. The molecule has 0 saturated heterocycles. The van der Waals surface area contributed by atoms with E-state index in [0.29, 0.717) is 0 Å². The summed E-state index contributed by atoms with van der Waals surface area (Å²) in [6.07, 6.45) is 1.84. The van der Waals surface area contributed by atoms with Crippen molar-refractivity contribution in [2.75, 3.05) is 6.61 Å². The Balaban J connectivity index is 2.23. The Morgan fingerprint density at radius 3 is 3.18 bits per heavy atom. The van der Waals surface area contributed by atoms with Crippen molar-refractivity contribution in [3.63, 3.8) is 0 Å². The summed E-state index contributed by atoms with van der Waals surface area (Å²) < 4.78 is 0. The highest BCUT2D eigenvalue weighted by Crippen LogP contribution is 2.04. The van der Waals surface area contributed by atoms with E-state index in [1.54, 1.807) is 16.8 Å². The molecule has 0 amide bonds. The maximum atomic E-state index is 8.69. The van der Waals surface area contributed by atoms with Gasteiger partial charge >= 0.3 is 0 Å². The Kier molecular flexibility index (Phi) is 3.48. The highest BCUT2D eigenvalue weighted by Gasteiger charge is 1.98. The quantitative estimate of drug-likeness (QED) is 0.699. The topological polar surface area (TPSA) is 45.1 Å². The molecule has 2 N–H and O–H groups in total. The molecule has 1 rings (SSSR count). The summed E-state index contributed by atoms with van der Waals surface area (Å²) in [6, 6.07) is 0.164. The highest BCUT2D eigenvalue weighted by molar-refractivity contribution is 7.09. The molecule has 0 aliphatic carbocycles. The lowest BCUT2D eigenvalue weighted by molar-refractivity contribution is 0.251. The highest BCUT2D eigenvalue weighted by atomic mass is 32.1. The normalized spacial score (nSPS) is 13.3. The van der Waals surface area contributed by atoms with Crippen LogP contribution in [0.25, 0.3) is 0 Å². The minimum atomic E-state index is 0.164. The molecule has 1 atom stereocenters. The Hall–Kier alpha value is -0.450. The largest absolute Gasteiger partial charge is 0.395 e. The molecule has 1 aromatic heterocycles. The number of rotatable bonds is 4. The van der Waals surface area contributed by atoms with Gasteiger partial charge < -0.3 is 10.4 Å². The molecule has 0 aliphatic rings. The first kappa shape index (κ1) is 8.64. The predicted octanol–water partition coefficient (Wildman–Crippen LogP) is 0.613. The molecule has 4 heteroatoms. The second-order valence-electron chi connectivity index (χ2n) is 2.43. The van der Waals surface area contributed by atoms with Crippen molar-refractivity contribution in [1.29, 1.82) is 0 Å². The predicted molar refractivity (Wildman–Crippen MR) is 45.5 cm³/mol. The number of aliphatic hydroxyl groups is 1. The standard InChI is InChI=1S/C7H12N2OS/c1-6(4-10)9-3-7-2-8-5-11-7/h2,5-6,9-10H,3-4H2,1H3/t6-/m0/s1. The van der Waals surface area contributed by atoms with Crippen LogP contribution in [0.4, 0.5) is 0 Å². The summed E-state index contributed by atoms with van der Waals surface area (Å²) in [5.74, 6) is 0. The van der Waals surface area contributed by atoms with E-state index >= 15 is 0 Å². The zero-order valence-electron chi connectivity index (χ0n) is 6.45. The Morgan fingerprint density at radius 2 is 2.64 bits per heavy atom. The molecule has 1 heterocycles. The van der Waals surface area contributed by atoms with Crippen molar-refractivity contribution in [3.05, 3.63) is 16.6 Å². The van der Waals surface area contributed by atoms with Crippen LogP contribution in [0, 0.1) is 0 Å². The number of aliphatic hydroxyl groups excluding tert-OH is 1. The lowest BCUT2D eigenvalue weighted by Gasteiger charge is -2.07. The average molecular weight is 172 g/mol. The molecular formula is C7H12N2OS. The molecule has 0 bridgehead atoms. The molecule has 62 valence electrons. The Morgan fingerprint density at radius 1 is 1.82 bits per heavy atom. The number of aromatic nitrogens is 1. The first-order valence-electron chi connectivity index (χ1n) is 3.54. The third kappa shape index (κ3) is 2.96. The molecule has 11 heavy (non-hydrogen) atoms. The van der Waals surface area contributed by atoms with Crippen LogP contribution < -0.4 is 5.32 Å². The molecule has 0 aliphatic heterocycles. The van der Waals surface area contributed by atoms with Gasteiger partial charge in [-0.3, -0.25) is 4.98 Å². The summed E-state index contributed by atoms with van der Waals surface area (Å²) in [6.45, 7) is 2.92. The molecule has 0 saturated carbocycles.